The van der Waals surface area contributed by atoms with E-state index in [0.717, 1.165) is 10.2 Å². The lowest BCUT2D eigenvalue weighted by molar-refractivity contribution is -0.118. The van der Waals surface area contributed by atoms with E-state index < -0.39 is 0 Å². The highest BCUT2D eigenvalue weighted by atomic mass is 79.9. The third kappa shape index (κ3) is 5.26. The number of carbonyl (C=O) groups excluding carboxylic acids is 1. The van der Waals surface area contributed by atoms with Gasteiger partial charge in [-0.05, 0) is 48.5 Å². The first kappa shape index (κ1) is 16.1. The molecule has 0 spiro atoms. The minimum atomic E-state index is -0.220. The largest absolute Gasteiger partial charge is 0.490 e. The molecule has 0 heterocycles. The van der Waals surface area contributed by atoms with Gasteiger partial charge in [0, 0.05) is 10.2 Å². The highest BCUT2D eigenvalue weighted by molar-refractivity contribution is 9.10. The van der Waals surface area contributed by atoms with Crippen LogP contribution in [0.15, 0.2) is 65.7 Å². The Morgan fingerprint density at radius 2 is 1.64 bits per heavy atom. The lowest BCUT2D eigenvalue weighted by Crippen LogP contribution is -2.20. The Morgan fingerprint density at radius 1 is 1.05 bits per heavy atom. The highest BCUT2D eigenvalue weighted by Crippen LogP contribution is 2.17. The number of amides is 1. The fraction of sp³-hybridized carbons (Fsp3) is 0.118. The number of benzene rings is 2. The van der Waals surface area contributed by atoms with Crippen molar-refractivity contribution in [3.8, 4) is 11.5 Å². The standard InChI is InChI=1S/C17H16BrNO3/c1-2-11-21-15-9-5-14(6-10-15)19-17(20)12-22-16-7-3-13(18)4-8-16/h2-10H,1,11-12H2,(H,19,20). The second-order valence-corrected chi connectivity index (χ2v) is 5.33. The van der Waals surface area contributed by atoms with Crippen molar-refractivity contribution in [3.05, 3.63) is 65.7 Å². The van der Waals surface area contributed by atoms with Crippen LogP contribution in [0.25, 0.3) is 0 Å². The Morgan fingerprint density at radius 3 is 2.27 bits per heavy atom. The summed E-state index contributed by atoms with van der Waals surface area (Å²) in [5.41, 5.74) is 0.690. The molecule has 0 aliphatic heterocycles. The summed E-state index contributed by atoms with van der Waals surface area (Å²) in [7, 11) is 0. The number of halogens is 1. The molecule has 114 valence electrons. The lowest BCUT2D eigenvalue weighted by atomic mass is 10.3. The number of rotatable bonds is 7. The first-order valence-electron chi connectivity index (χ1n) is 6.69. The van der Waals surface area contributed by atoms with E-state index in [4.69, 9.17) is 9.47 Å². The van der Waals surface area contributed by atoms with E-state index in [1.54, 1.807) is 42.5 Å². The molecule has 0 saturated heterocycles. The van der Waals surface area contributed by atoms with Gasteiger partial charge >= 0.3 is 0 Å². The van der Waals surface area contributed by atoms with Gasteiger partial charge in [-0.3, -0.25) is 4.79 Å². The van der Waals surface area contributed by atoms with Crippen LogP contribution in [0.2, 0.25) is 0 Å². The lowest BCUT2D eigenvalue weighted by Gasteiger charge is -2.08. The molecule has 0 bridgehead atoms. The molecule has 0 aliphatic carbocycles. The van der Waals surface area contributed by atoms with Crippen LogP contribution in [0, 0.1) is 0 Å². The number of hydrogen-bond acceptors (Lipinski definition) is 3. The minimum Gasteiger partial charge on any atom is -0.490 e. The van der Waals surface area contributed by atoms with Crippen LogP contribution in [-0.4, -0.2) is 19.1 Å². The van der Waals surface area contributed by atoms with Crippen molar-refractivity contribution in [2.75, 3.05) is 18.5 Å². The normalized spacial score (nSPS) is 9.86. The van der Waals surface area contributed by atoms with Crippen LogP contribution in [0.5, 0.6) is 11.5 Å². The molecule has 1 amide bonds. The van der Waals surface area contributed by atoms with Crippen LogP contribution >= 0.6 is 15.9 Å². The molecule has 22 heavy (non-hydrogen) atoms. The van der Waals surface area contributed by atoms with E-state index >= 15 is 0 Å². The molecule has 2 aromatic rings. The number of nitrogens with one attached hydrogen (secondary N) is 1. The second kappa shape index (κ2) is 8.24. The molecule has 2 rings (SSSR count). The van der Waals surface area contributed by atoms with Crippen molar-refractivity contribution in [3.63, 3.8) is 0 Å². The van der Waals surface area contributed by atoms with Crippen molar-refractivity contribution in [1.82, 2.24) is 0 Å². The van der Waals surface area contributed by atoms with E-state index in [9.17, 15) is 4.79 Å². The fourth-order valence-electron chi connectivity index (χ4n) is 1.67. The second-order valence-electron chi connectivity index (χ2n) is 4.41. The molecule has 0 radical (unpaired) electrons. The van der Waals surface area contributed by atoms with E-state index in [1.807, 2.05) is 12.1 Å². The summed E-state index contributed by atoms with van der Waals surface area (Å²) in [6.45, 7) is 3.99. The average Bonchev–Trinajstić information content (AvgIpc) is 2.54. The Kier molecular flexibility index (Phi) is 6.03. The van der Waals surface area contributed by atoms with Crippen LogP contribution in [0.1, 0.15) is 0 Å². The molecule has 0 aliphatic rings. The molecule has 5 heteroatoms. The molecular formula is C17H16BrNO3. The van der Waals surface area contributed by atoms with Gasteiger partial charge < -0.3 is 14.8 Å². The summed E-state index contributed by atoms with van der Waals surface area (Å²) in [6, 6.07) is 14.4. The third-order valence-corrected chi connectivity index (χ3v) is 3.22. The topological polar surface area (TPSA) is 47.6 Å². The molecule has 0 saturated carbocycles. The highest BCUT2D eigenvalue weighted by Gasteiger charge is 2.04. The fourth-order valence-corrected chi connectivity index (χ4v) is 1.93. The first-order chi connectivity index (χ1) is 10.7. The Labute approximate surface area is 137 Å². The van der Waals surface area contributed by atoms with E-state index in [1.165, 1.54) is 0 Å². The Bertz CT molecular complexity index is 623. The number of ether oxygens (including phenoxy) is 2. The molecule has 0 aromatic heterocycles. The molecule has 2 aromatic carbocycles. The predicted molar refractivity (Wildman–Crippen MR) is 90.4 cm³/mol. The van der Waals surface area contributed by atoms with Gasteiger partial charge in [-0.15, -0.1) is 0 Å². The molecule has 0 fully saturated rings. The van der Waals surface area contributed by atoms with Gasteiger partial charge in [0.15, 0.2) is 6.61 Å². The van der Waals surface area contributed by atoms with Gasteiger partial charge in [-0.2, -0.15) is 0 Å². The zero-order chi connectivity index (χ0) is 15.8. The maximum atomic E-state index is 11.8. The van der Waals surface area contributed by atoms with Crippen LogP contribution in [0.4, 0.5) is 5.69 Å². The summed E-state index contributed by atoms with van der Waals surface area (Å²) < 4.78 is 11.7. The van der Waals surface area contributed by atoms with Crippen molar-refractivity contribution < 1.29 is 14.3 Å². The molecule has 0 unspecified atom stereocenters. The van der Waals surface area contributed by atoms with Crippen LogP contribution in [-0.2, 0) is 4.79 Å². The van der Waals surface area contributed by atoms with Crippen molar-refractivity contribution in [2.45, 2.75) is 0 Å². The molecule has 4 nitrogen and oxygen atoms in total. The van der Waals surface area contributed by atoms with E-state index in [2.05, 4.69) is 27.8 Å². The summed E-state index contributed by atoms with van der Waals surface area (Å²) in [5, 5.41) is 2.76. The summed E-state index contributed by atoms with van der Waals surface area (Å²) in [4.78, 5) is 11.8. The average molecular weight is 362 g/mol. The number of hydrogen-bond donors (Lipinski definition) is 1. The summed E-state index contributed by atoms with van der Waals surface area (Å²) >= 11 is 3.34. The molecule has 1 N–H and O–H groups in total. The van der Waals surface area contributed by atoms with Crippen LogP contribution in [0.3, 0.4) is 0 Å². The summed E-state index contributed by atoms with van der Waals surface area (Å²) in [6.07, 6.45) is 1.68. The van der Waals surface area contributed by atoms with Gasteiger partial charge in [0.1, 0.15) is 18.1 Å². The van der Waals surface area contributed by atoms with Gasteiger partial charge in [-0.25, -0.2) is 0 Å². The van der Waals surface area contributed by atoms with Gasteiger partial charge in [0.2, 0.25) is 0 Å². The smallest absolute Gasteiger partial charge is 0.262 e. The summed E-state index contributed by atoms with van der Waals surface area (Å²) in [5.74, 6) is 1.15. The van der Waals surface area contributed by atoms with Crippen molar-refractivity contribution >= 4 is 27.5 Å². The van der Waals surface area contributed by atoms with Crippen LogP contribution < -0.4 is 14.8 Å². The van der Waals surface area contributed by atoms with Gasteiger partial charge in [-0.1, -0.05) is 28.6 Å². The van der Waals surface area contributed by atoms with Gasteiger partial charge in [0.25, 0.3) is 5.91 Å². The zero-order valence-electron chi connectivity index (χ0n) is 11.9. The quantitative estimate of drug-likeness (QED) is 0.757. The molecule has 0 atom stereocenters. The third-order valence-electron chi connectivity index (χ3n) is 2.69. The predicted octanol–water partition coefficient (Wildman–Crippen LogP) is 4.03. The number of anilines is 1. The minimum absolute atomic E-state index is 0.0453. The molecular weight excluding hydrogens is 346 g/mol. The Hall–Kier alpha value is -2.27. The van der Waals surface area contributed by atoms with Crippen molar-refractivity contribution in [1.29, 1.82) is 0 Å². The SMILES string of the molecule is C=CCOc1ccc(NC(=O)COc2ccc(Br)cc2)cc1. The Balaban J connectivity index is 1.81. The van der Waals surface area contributed by atoms with Gasteiger partial charge in [0.05, 0.1) is 0 Å². The first-order valence-corrected chi connectivity index (χ1v) is 7.48. The monoisotopic (exact) mass is 361 g/mol. The number of carbonyl (C=O) groups is 1. The maximum absolute atomic E-state index is 11.8. The van der Waals surface area contributed by atoms with E-state index in [0.29, 0.717) is 18.0 Å². The van der Waals surface area contributed by atoms with Crippen molar-refractivity contribution in [2.24, 2.45) is 0 Å². The van der Waals surface area contributed by atoms with E-state index in [-0.39, 0.29) is 12.5 Å². The maximum Gasteiger partial charge on any atom is 0.262 e. The zero-order valence-corrected chi connectivity index (χ0v) is 13.5.